The minimum Gasteiger partial charge on any atom is -0.294 e. The molecule has 0 heterocycles. The molecule has 0 radical (unpaired) electrons. The molecule has 0 amide bonds. The molecule has 126 valence electrons. The normalized spacial score (nSPS) is 17.3. The Hall–Kier alpha value is -2.81. The molecule has 0 spiro atoms. The highest BCUT2D eigenvalue weighted by Gasteiger charge is 2.19. The van der Waals surface area contributed by atoms with Gasteiger partial charge in [0.25, 0.3) is 0 Å². The van der Waals surface area contributed by atoms with E-state index in [4.69, 9.17) is 0 Å². The van der Waals surface area contributed by atoms with Gasteiger partial charge in [-0.15, -0.1) is 0 Å². The minimum atomic E-state index is -0.322. The van der Waals surface area contributed by atoms with Gasteiger partial charge in [-0.25, -0.2) is 4.39 Å². The van der Waals surface area contributed by atoms with Gasteiger partial charge in [0.2, 0.25) is 0 Å². The van der Waals surface area contributed by atoms with Crippen LogP contribution in [-0.4, -0.2) is 12.0 Å². The number of rotatable bonds is 5. The number of allylic oxidation sites excluding steroid dienone is 3. The number of Topliss-reactive ketones (excluding diaryl/α,β-unsaturated/α-hetero) is 1. The maximum Gasteiger partial charge on any atom is 0.169 e. The van der Waals surface area contributed by atoms with Crippen molar-refractivity contribution in [2.45, 2.75) is 19.8 Å². The molecule has 1 atom stereocenters. The van der Waals surface area contributed by atoms with Crippen molar-refractivity contribution in [3.05, 3.63) is 95.0 Å². The van der Waals surface area contributed by atoms with Gasteiger partial charge in [-0.3, -0.25) is 9.79 Å². The average Bonchev–Trinajstić information content (AvgIpc) is 2.62. The topological polar surface area (TPSA) is 29.4 Å². The molecule has 3 rings (SSSR count). The van der Waals surface area contributed by atoms with Crippen molar-refractivity contribution < 1.29 is 9.18 Å². The van der Waals surface area contributed by atoms with Crippen LogP contribution in [0.5, 0.6) is 0 Å². The first-order chi connectivity index (χ1) is 12.1. The van der Waals surface area contributed by atoms with Gasteiger partial charge in [-0.2, -0.15) is 0 Å². The van der Waals surface area contributed by atoms with Crippen LogP contribution in [0.25, 0.3) is 0 Å². The van der Waals surface area contributed by atoms with E-state index in [1.807, 2.05) is 42.5 Å². The number of carbonyl (C=O) groups is 1. The molecule has 1 aliphatic rings. The van der Waals surface area contributed by atoms with E-state index in [1.54, 1.807) is 18.2 Å². The largest absolute Gasteiger partial charge is 0.294 e. The van der Waals surface area contributed by atoms with E-state index in [1.165, 1.54) is 12.3 Å². The number of hydrogen-bond donors (Lipinski definition) is 0. The number of benzene rings is 2. The van der Waals surface area contributed by atoms with Crippen LogP contribution in [0.3, 0.4) is 0 Å². The van der Waals surface area contributed by atoms with Gasteiger partial charge < -0.3 is 0 Å². The molecule has 0 saturated carbocycles. The van der Waals surface area contributed by atoms with Crippen LogP contribution in [0.1, 0.15) is 24.5 Å². The van der Waals surface area contributed by atoms with Crippen LogP contribution in [0.2, 0.25) is 0 Å². The summed E-state index contributed by atoms with van der Waals surface area (Å²) < 4.78 is 13.8. The predicted molar refractivity (Wildman–Crippen MR) is 99.1 cm³/mol. The summed E-state index contributed by atoms with van der Waals surface area (Å²) in [6, 6.07) is 16.1. The van der Waals surface area contributed by atoms with Gasteiger partial charge in [0.15, 0.2) is 5.78 Å². The lowest BCUT2D eigenvalue weighted by atomic mass is 9.91. The van der Waals surface area contributed by atoms with Gasteiger partial charge in [0.1, 0.15) is 5.82 Å². The molecular formula is C22H20FNO. The van der Waals surface area contributed by atoms with Gasteiger partial charge >= 0.3 is 0 Å². The fourth-order valence-electron chi connectivity index (χ4n) is 2.80. The second-order valence-corrected chi connectivity index (χ2v) is 6.25. The molecule has 0 aliphatic heterocycles. The molecule has 3 heteroatoms. The molecule has 0 saturated heterocycles. The number of carbonyl (C=O) groups excluding carboxylic acids is 1. The standard InChI is InChI=1S/C22H20FNO/c1-16-11-12-21(24-15-18-9-5-6-10-20(18)23)19(13-16)22(25)14-17-7-3-2-4-8-17/h2-10,12-13,15-16H,11,14H2,1H3. The summed E-state index contributed by atoms with van der Waals surface area (Å²) >= 11 is 0. The quantitative estimate of drug-likeness (QED) is 0.715. The Bertz CT molecular complexity index is 849. The fourth-order valence-corrected chi connectivity index (χ4v) is 2.80. The van der Waals surface area contributed by atoms with Crippen LogP contribution >= 0.6 is 0 Å². The molecule has 0 fully saturated rings. The fraction of sp³-hybridized carbons (Fsp3) is 0.182. The smallest absolute Gasteiger partial charge is 0.169 e. The predicted octanol–water partition coefficient (Wildman–Crippen LogP) is 4.91. The molecule has 25 heavy (non-hydrogen) atoms. The summed E-state index contributed by atoms with van der Waals surface area (Å²) in [5.41, 5.74) is 2.64. The van der Waals surface area contributed by atoms with E-state index >= 15 is 0 Å². The Morgan fingerprint density at radius 2 is 1.88 bits per heavy atom. The van der Waals surface area contributed by atoms with Gasteiger partial charge in [-0.1, -0.05) is 67.6 Å². The van der Waals surface area contributed by atoms with E-state index in [0.29, 0.717) is 29.2 Å². The summed E-state index contributed by atoms with van der Waals surface area (Å²) in [5.74, 6) is 0.00832. The van der Waals surface area contributed by atoms with Crippen molar-refractivity contribution in [2.75, 3.05) is 0 Å². The summed E-state index contributed by atoms with van der Waals surface area (Å²) in [6.45, 7) is 2.07. The molecule has 2 aromatic rings. The van der Waals surface area contributed by atoms with E-state index in [2.05, 4.69) is 11.9 Å². The zero-order chi connectivity index (χ0) is 17.6. The van der Waals surface area contributed by atoms with Gasteiger partial charge in [-0.05, 0) is 24.0 Å². The third kappa shape index (κ3) is 4.38. The summed E-state index contributed by atoms with van der Waals surface area (Å²) in [4.78, 5) is 17.1. The zero-order valence-corrected chi connectivity index (χ0v) is 14.2. The SMILES string of the molecule is CC1C=C(C(=O)Cc2ccccc2)C(N=Cc2ccccc2F)=CC1. The Labute approximate surface area is 147 Å². The van der Waals surface area contributed by atoms with Gasteiger partial charge in [0.05, 0.1) is 5.70 Å². The second-order valence-electron chi connectivity index (χ2n) is 6.25. The van der Waals surface area contributed by atoms with Crippen molar-refractivity contribution in [1.29, 1.82) is 0 Å². The van der Waals surface area contributed by atoms with Crippen molar-refractivity contribution in [3.8, 4) is 0 Å². The number of aliphatic imine (C=N–C) groups is 1. The van der Waals surface area contributed by atoms with Crippen LogP contribution in [-0.2, 0) is 11.2 Å². The lowest BCUT2D eigenvalue weighted by Gasteiger charge is -2.16. The monoisotopic (exact) mass is 333 g/mol. The van der Waals surface area contributed by atoms with E-state index in [9.17, 15) is 9.18 Å². The maximum atomic E-state index is 13.8. The van der Waals surface area contributed by atoms with Crippen LogP contribution in [0.15, 0.2) is 83.0 Å². The van der Waals surface area contributed by atoms with Crippen molar-refractivity contribution in [3.63, 3.8) is 0 Å². The Morgan fingerprint density at radius 3 is 2.64 bits per heavy atom. The van der Waals surface area contributed by atoms with E-state index in [-0.39, 0.29) is 11.6 Å². The lowest BCUT2D eigenvalue weighted by molar-refractivity contribution is -0.114. The first kappa shape index (κ1) is 17.0. The average molecular weight is 333 g/mol. The highest BCUT2D eigenvalue weighted by atomic mass is 19.1. The molecule has 2 nitrogen and oxygen atoms in total. The number of nitrogens with zero attached hydrogens (tertiary/aromatic N) is 1. The molecule has 1 aliphatic carbocycles. The molecular weight excluding hydrogens is 313 g/mol. The Morgan fingerprint density at radius 1 is 1.16 bits per heavy atom. The van der Waals surface area contributed by atoms with Gasteiger partial charge in [0, 0.05) is 23.8 Å². The summed E-state index contributed by atoms with van der Waals surface area (Å²) in [6.07, 6.45) is 6.58. The minimum absolute atomic E-state index is 0.0367. The number of hydrogen-bond acceptors (Lipinski definition) is 2. The second kappa shape index (κ2) is 7.84. The van der Waals surface area contributed by atoms with Crippen molar-refractivity contribution in [2.24, 2.45) is 10.9 Å². The summed E-state index contributed by atoms with van der Waals surface area (Å²) in [5, 5.41) is 0. The third-order valence-corrected chi connectivity index (χ3v) is 4.17. The molecule has 1 unspecified atom stereocenters. The summed E-state index contributed by atoms with van der Waals surface area (Å²) in [7, 11) is 0. The first-order valence-electron chi connectivity index (χ1n) is 8.41. The van der Waals surface area contributed by atoms with Crippen molar-refractivity contribution >= 4 is 12.0 Å². The van der Waals surface area contributed by atoms with Crippen LogP contribution < -0.4 is 0 Å². The molecule has 0 N–H and O–H groups in total. The number of ketones is 1. The van der Waals surface area contributed by atoms with Crippen molar-refractivity contribution in [1.82, 2.24) is 0 Å². The highest BCUT2D eigenvalue weighted by molar-refractivity contribution is 6.01. The zero-order valence-electron chi connectivity index (χ0n) is 14.2. The molecule has 0 bridgehead atoms. The highest BCUT2D eigenvalue weighted by Crippen LogP contribution is 2.25. The van der Waals surface area contributed by atoms with Crippen LogP contribution in [0, 0.1) is 11.7 Å². The number of halogens is 1. The maximum absolute atomic E-state index is 13.8. The van der Waals surface area contributed by atoms with E-state index < -0.39 is 0 Å². The third-order valence-electron chi connectivity index (χ3n) is 4.17. The van der Waals surface area contributed by atoms with Crippen LogP contribution in [0.4, 0.5) is 4.39 Å². The lowest BCUT2D eigenvalue weighted by Crippen LogP contribution is -2.12. The first-order valence-corrected chi connectivity index (χ1v) is 8.41. The Kier molecular flexibility index (Phi) is 5.34. The Balaban J connectivity index is 1.81. The molecule has 2 aromatic carbocycles. The van der Waals surface area contributed by atoms with E-state index in [0.717, 1.165) is 12.0 Å². The molecule has 0 aromatic heterocycles.